The minimum absolute atomic E-state index is 0.0360. The fourth-order valence-corrected chi connectivity index (χ4v) is 2.27. The average molecular weight is 300 g/mol. The zero-order valence-electron chi connectivity index (χ0n) is 12.9. The number of H-pyrrole nitrogens is 1. The van der Waals surface area contributed by atoms with E-state index in [0.29, 0.717) is 0 Å². The summed E-state index contributed by atoms with van der Waals surface area (Å²) in [4.78, 5) is 30.9. The second kappa shape index (κ2) is 7.54. The van der Waals surface area contributed by atoms with E-state index in [1.807, 2.05) is 12.1 Å². The Morgan fingerprint density at radius 2 is 2.00 bits per heavy atom. The van der Waals surface area contributed by atoms with Gasteiger partial charge in [-0.05, 0) is 43.5 Å². The van der Waals surface area contributed by atoms with Gasteiger partial charge >= 0.3 is 5.97 Å². The first-order valence-electron chi connectivity index (χ1n) is 7.51. The number of rotatable bonds is 6. The molecule has 2 aromatic rings. The second-order valence-electron chi connectivity index (χ2n) is 4.96. The fourth-order valence-electron chi connectivity index (χ4n) is 2.27. The number of aromatic nitrogens is 2. The van der Waals surface area contributed by atoms with Crippen molar-refractivity contribution in [2.45, 2.75) is 33.1 Å². The lowest BCUT2D eigenvalue weighted by atomic mass is 10.00. The fraction of sp³-hybridized carbons (Fsp3) is 0.353. The van der Waals surface area contributed by atoms with E-state index in [-0.39, 0.29) is 12.2 Å². The van der Waals surface area contributed by atoms with Gasteiger partial charge in [-0.15, -0.1) is 0 Å². The summed E-state index contributed by atoms with van der Waals surface area (Å²) in [5.41, 5.74) is 2.24. The average Bonchev–Trinajstić information content (AvgIpc) is 2.54. The van der Waals surface area contributed by atoms with Crippen LogP contribution < -0.4 is 5.56 Å². The van der Waals surface area contributed by atoms with Gasteiger partial charge in [0.15, 0.2) is 0 Å². The van der Waals surface area contributed by atoms with Crippen molar-refractivity contribution >= 4 is 5.97 Å². The molecule has 116 valence electrons. The molecule has 5 heteroatoms. The van der Waals surface area contributed by atoms with Crippen LogP contribution in [0.5, 0.6) is 0 Å². The van der Waals surface area contributed by atoms with Gasteiger partial charge in [-0.1, -0.05) is 13.3 Å². The smallest absolute Gasteiger partial charge is 0.343 e. The van der Waals surface area contributed by atoms with E-state index in [9.17, 15) is 9.59 Å². The number of carbonyl (C=O) groups is 1. The van der Waals surface area contributed by atoms with Gasteiger partial charge in [0.25, 0.3) is 5.56 Å². The molecule has 1 N–H and O–H groups in total. The Bertz CT molecular complexity index is 693. The first kappa shape index (κ1) is 15.9. The first-order valence-corrected chi connectivity index (χ1v) is 7.51. The van der Waals surface area contributed by atoms with Crippen LogP contribution in [0.25, 0.3) is 11.1 Å². The van der Waals surface area contributed by atoms with Crippen LogP contribution >= 0.6 is 0 Å². The standard InChI is InChI=1S/C17H20N2O3/c1-3-5-6-15-13(12-7-9-18-10-8-12)11-14(16(20)19-15)17(21)22-4-2/h7-11H,3-6H2,1-2H3,(H,19,20). The summed E-state index contributed by atoms with van der Waals surface area (Å²) in [7, 11) is 0. The molecule has 0 radical (unpaired) electrons. The van der Waals surface area contributed by atoms with Gasteiger partial charge in [0.05, 0.1) is 6.61 Å². The summed E-state index contributed by atoms with van der Waals surface area (Å²) in [5, 5.41) is 0. The van der Waals surface area contributed by atoms with Crippen molar-refractivity contribution in [3.05, 3.63) is 52.2 Å². The van der Waals surface area contributed by atoms with Crippen molar-refractivity contribution in [2.75, 3.05) is 6.61 Å². The molecular weight excluding hydrogens is 280 g/mol. The van der Waals surface area contributed by atoms with Crippen LogP contribution in [0.15, 0.2) is 35.4 Å². The van der Waals surface area contributed by atoms with Crippen LogP contribution in [0.2, 0.25) is 0 Å². The van der Waals surface area contributed by atoms with Gasteiger partial charge in [-0.3, -0.25) is 9.78 Å². The number of hydrogen-bond acceptors (Lipinski definition) is 4. The molecule has 0 saturated carbocycles. The third-order valence-corrected chi connectivity index (χ3v) is 3.39. The Kier molecular flexibility index (Phi) is 5.47. The maximum Gasteiger partial charge on any atom is 0.343 e. The number of nitrogens with zero attached hydrogens (tertiary/aromatic N) is 1. The number of ether oxygens (including phenoxy) is 1. The van der Waals surface area contributed by atoms with Crippen molar-refractivity contribution in [2.24, 2.45) is 0 Å². The topological polar surface area (TPSA) is 72.0 Å². The lowest BCUT2D eigenvalue weighted by Crippen LogP contribution is -2.21. The van der Waals surface area contributed by atoms with Crippen molar-refractivity contribution in [1.82, 2.24) is 9.97 Å². The molecule has 0 aliphatic heterocycles. The minimum Gasteiger partial charge on any atom is -0.462 e. The lowest BCUT2D eigenvalue weighted by molar-refractivity contribution is 0.0524. The molecule has 5 nitrogen and oxygen atoms in total. The molecule has 0 aliphatic rings. The highest BCUT2D eigenvalue weighted by atomic mass is 16.5. The van der Waals surface area contributed by atoms with E-state index in [0.717, 1.165) is 36.1 Å². The Morgan fingerprint density at radius 3 is 2.64 bits per heavy atom. The Labute approximate surface area is 129 Å². The molecule has 0 amide bonds. The number of aryl methyl sites for hydroxylation is 1. The number of pyridine rings is 2. The molecule has 0 bridgehead atoms. The van der Waals surface area contributed by atoms with Gasteiger partial charge in [0.2, 0.25) is 0 Å². The molecule has 0 saturated heterocycles. The molecule has 0 atom stereocenters. The van der Waals surface area contributed by atoms with Crippen LogP contribution in [0, 0.1) is 0 Å². The van der Waals surface area contributed by atoms with Crippen LogP contribution in [-0.4, -0.2) is 22.5 Å². The maximum atomic E-state index is 12.1. The first-order chi connectivity index (χ1) is 10.7. The Balaban J connectivity index is 2.53. The summed E-state index contributed by atoms with van der Waals surface area (Å²) in [5.74, 6) is -0.596. The zero-order valence-corrected chi connectivity index (χ0v) is 12.9. The minimum atomic E-state index is -0.596. The molecule has 0 aliphatic carbocycles. The van der Waals surface area contributed by atoms with Crippen molar-refractivity contribution in [3.8, 4) is 11.1 Å². The van der Waals surface area contributed by atoms with Gasteiger partial charge in [0.1, 0.15) is 5.56 Å². The van der Waals surface area contributed by atoms with Gasteiger partial charge in [-0.25, -0.2) is 4.79 Å². The lowest BCUT2D eigenvalue weighted by Gasteiger charge is -2.11. The predicted molar refractivity (Wildman–Crippen MR) is 84.9 cm³/mol. The molecular formula is C17H20N2O3. The third-order valence-electron chi connectivity index (χ3n) is 3.39. The molecule has 2 aromatic heterocycles. The van der Waals surface area contributed by atoms with Gasteiger partial charge in [0, 0.05) is 23.7 Å². The maximum absolute atomic E-state index is 12.1. The largest absolute Gasteiger partial charge is 0.462 e. The van der Waals surface area contributed by atoms with Crippen molar-refractivity contribution in [1.29, 1.82) is 0 Å². The van der Waals surface area contributed by atoms with Gasteiger partial charge in [-0.2, -0.15) is 0 Å². The SMILES string of the molecule is CCCCc1[nH]c(=O)c(C(=O)OCC)cc1-c1ccncc1. The number of nitrogens with one attached hydrogen (secondary N) is 1. The van der Waals surface area contributed by atoms with E-state index < -0.39 is 11.5 Å². The molecule has 0 fully saturated rings. The molecule has 0 aromatic carbocycles. The molecule has 22 heavy (non-hydrogen) atoms. The van der Waals surface area contributed by atoms with Crippen LogP contribution in [0.1, 0.15) is 42.7 Å². The zero-order chi connectivity index (χ0) is 15.9. The third kappa shape index (κ3) is 3.61. The summed E-state index contributed by atoms with van der Waals surface area (Å²) < 4.78 is 4.95. The summed E-state index contributed by atoms with van der Waals surface area (Å²) in [6, 6.07) is 5.34. The quantitative estimate of drug-likeness (QED) is 0.832. The predicted octanol–water partition coefficient (Wildman–Crippen LogP) is 2.96. The highest BCUT2D eigenvalue weighted by Crippen LogP contribution is 2.23. The summed E-state index contributed by atoms with van der Waals surface area (Å²) in [6.45, 7) is 4.04. The number of hydrogen-bond donors (Lipinski definition) is 1. The molecule has 2 heterocycles. The Morgan fingerprint density at radius 1 is 1.27 bits per heavy atom. The van der Waals surface area contributed by atoms with Gasteiger partial charge < -0.3 is 9.72 Å². The van der Waals surface area contributed by atoms with E-state index in [4.69, 9.17) is 4.74 Å². The number of carbonyl (C=O) groups excluding carboxylic acids is 1. The van der Waals surface area contributed by atoms with Crippen molar-refractivity contribution < 1.29 is 9.53 Å². The normalized spacial score (nSPS) is 10.5. The summed E-state index contributed by atoms with van der Waals surface area (Å²) >= 11 is 0. The highest BCUT2D eigenvalue weighted by Gasteiger charge is 2.16. The summed E-state index contributed by atoms with van der Waals surface area (Å²) in [6.07, 6.45) is 6.12. The number of aromatic amines is 1. The van der Waals surface area contributed by atoms with E-state index in [1.54, 1.807) is 25.4 Å². The van der Waals surface area contributed by atoms with Crippen LogP contribution in [-0.2, 0) is 11.2 Å². The van der Waals surface area contributed by atoms with Crippen molar-refractivity contribution in [3.63, 3.8) is 0 Å². The number of esters is 1. The van der Waals surface area contributed by atoms with E-state index in [2.05, 4.69) is 16.9 Å². The highest BCUT2D eigenvalue weighted by molar-refractivity contribution is 5.90. The number of unbranched alkanes of at least 4 members (excludes halogenated alkanes) is 1. The van der Waals surface area contributed by atoms with E-state index in [1.165, 1.54) is 0 Å². The molecule has 0 unspecified atom stereocenters. The second-order valence-corrected chi connectivity index (χ2v) is 4.96. The van der Waals surface area contributed by atoms with Crippen LogP contribution in [0.4, 0.5) is 0 Å². The van der Waals surface area contributed by atoms with E-state index >= 15 is 0 Å². The Hall–Kier alpha value is -2.43. The monoisotopic (exact) mass is 300 g/mol. The molecule has 2 rings (SSSR count). The molecule has 0 spiro atoms. The van der Waals surface area contributed by atoms with Crippen LogP contribution in [0.3, 0.4) is 0 Å².